The van der Waals surface area contributed by atoms with Crippen molar-refractivity contribution >= 4 is 53.5 Å². The second kappa shape index (κ2) is 10.3. The molecule has 0 fully saturated rings. The second-order valence-corrected chi connectivity index (χ2v) is 11.4. The Morgan fingerprint density at radius 2 is 1.44 bits per heavy atom. The number of carbonyl (C=O) groups is 1. The summed E-state index contributed by atoms with van der Waals surface area (Å²) in [5, 5.41) is 2.89. The van der Waals surface area contributed by atoms with Gasteiger partial charge in [-0.05, 0) is 73.9 Å². The van der Waals surface area contributed by atoms with Crippen LogP contribution in [0.2, 0.25) is 0 Å². The van der Waals surface area contributed by atoms with Gasteiger partial charge in [0.15, 0.2) is 0 Å². The summed E-state index contributed by atoms with van der Waals surface area (Å²) in [5.74, 6) is -0.397. The first-order chi connectivity index (χ1) is 15.1. The fourth-order valence-corrected chi connectivity index (χ4v) is 5.66. The highest BCUT2D eigenvalue weighted by atomic mass is 79.9. The van der Waals surface area contributed by atoms with E-state index in [1.54, 1.807) is 12.1 Å². The van der Waals surface area contributed by atoms with Crippen LogP contribution < -0.4 is 5.32 Å². The molecule has 0 radical (unpaired) electrons. The van der Waals surface area contributed by atoms with Gasteiger partial charge < -0.3 is 5.32 Å². The molecular formula is C24H24Br2N2O3S. The van der Waals surface area contributed by atoms with E-state index in [1.165, 1.54) is 16.4 Å². The lowest BCUT2D eigenvalue weighted by Gasteiger charge is -2.23. The van der Waals surface area contributed by atoms with Crippen molar-refractivity contribution in [3.05, 3.63) is 91.9 Å². The third-order valence-corrected chi connectivity index (χ3v) is 7.81. The first-order valence-electron chi connectivity index (χ1n) is 9.94. The molecule has 3 aromatic carbocycles. The number of anilines is 1. The summed E-state index contributed by atoms with van der Waals surface area (Å²) < 4.78 is 29.7. The second-order valence-electron chi connectivity index (χ2n) is 7.68. The predicted molar refractivity (Wildman–Crippen MR) is 135 cm³/mol. The zero-order valence-electron chi connectivity index (χ0n) is 18.0. The number of carbonyl (C=O) groups excluding carboxylic acids is 1. The van der Waals surface area contributed by atoms with Crippen LogP contribution in [0.15, 0.2) is 74.5 Å². The van der Waals surface area contributed by atoms with Crippen molar-refractivity contribution < 1.29 is 13.2 Å². The van der Waals surface area contributed by atoms with Crippen LogP contribution in [0.1, 0.15) is 22.3 Å². The molecule has 0 aliphatic heterocycles. The molecule has 1 N–H and O–H groups in total. The van der Waals surface area contributed by atoms with Gasteiger partial charge in [-0.2, -0.15) is 4.31 Å². The molecule has 0 bridgehead atoms. The van der Waals surface area contributed by atoms with E-state index in [-0.39, 0.29) is 18.0 Å². The third-order valence-electron chi connectivity index (χ3n) is 5.01. The van der Waals surface area contributed by atoms with Gasteiger partial charge in [-0.15, -0.1) is 0 Å². The van der Waals surface area contributed by atoms with Crippen molar-refractivity contribution in [2.75, 3.05) is 11.9 Å². The molecule has 1 amide bonds. The first kappa shape index (κ1) is 24.6. The molecular weight excluding hydrogens is 556 g/mol. The summed E-state index contributed by atoms with van der Waals surface area (Å²) in [5.41, 5.74) is 4.36. The van der Waals surface area contributed by atoms with Crippen molar-refractivity contribution in [3.63, 3.8) is 0 Å². The quantitative estimate of drug-likeness (QED) is 0.375. The van der Waals surface area contributed by atoms with E-state index in [2.05, 4.69) is 37.2 Å². The molecule has 0 heterocycles. The predicted octanol–water partition coefficient (Wildman–Crippen LogP) is 5.97. The van der Waals surface area contributed by atoms with Crippen molar-refractivity contribution in [1.29, 1.82) is 0 Å². The topological polar surface area (TPSA) is 66.5 Å². The van der Waals surface area contributed by atoms with E-state index in [0.29, 0.717) is 5.69 Å². The van der Waals surface area contributed by atoms with E-state index < -0.39 is 15.9 Å². The molecule has 0 atom stereocenters. The summed E-state index contributed by atoms with van der Waals surface area (Å²) in [4.78, 5) is 13.1. The van der Waals surface area contributed by atoms with Gasteiger partial charge in [-0.1, -0.05) is 61.7 Å². The molecule has 3 aromatic rings. The number of amides is 1. The maximum Gasteiger partial charge on any atom is 0.243 e. The molecule has 5 nitrogen and oxygen atoms in total. The lowest BCUT2D eigenvalue weighted by molar-refractivity contribution is -0.116. The average Bonchev–Trinajstić information content (AvgIpc) is 2.72. The number of aryl methyl sites for hydroxylation is 3. The van der Waals surface area contributed by atoms with Crippen molar-refractivity contribution in [2.24, 2.45) is 0 Å². The highest BCUT2D eigenvalue weighted by molar-refractivity contribution is 9.10. The molecule has 0 aliphatic rings. The average molecular weight is 580 g/mol. The molecule has 0 saturated carbocycles. The van der Waals surface area contributed by atoms with E-state index in [9.17, 15) is 13.2 Å². The highest BCUT2D eigenvalue weighted by Crippen LogP contribution is 2.26. The Balaban J connectivity index is 1.90. The van der Waals surface area contributed by atoms with Crippen LogP contribution in [0.5, 0.6) is 0 Å². The van der Waals surface area contributed by atoms with Crippen LogP contribution in [0.3, 0.4) is 0 Å². The van der Waals surface area contributed by atoms with Crippen LogP contribution in [0.25, 0.3) is 0 Å². The van der Waals surface area contributed by atoms with Crippen LogP contribution >= 0.6 is 31.9 Å². The van der Waals surface area contributed by atoms with Gasteiger partial charge in [0.1, 0.15) is 0 Å². The van der Waals surface area contributed by atoms with E-state index in [1.807, 2.05) is 57.2 Å². The van der Waals surface area contributed by atoms with Crippen molar-refractivity contribution in [2.45, 2.75) is 32.2 Å². The normalized spacial score (nSPS) is 11.6. The number of nitrogens with one attached hydrogen (secondary N) is 1. The third kappa shape index (κ3) is 6.07. The molecule has 0 saturated heterocycles. The van der Waals surface area contributed by atoms with Crippen LogP contribution in [-0.2, 0) is 21.4 Å². The zero-order valence-corrected chi connectivity index (χ0v) is 22.0. The Bertz CT molecular complexity index is 1200. The molecule has 0 spiro atoms. The Kier molecular flexibility index (Phi) is 7.92. The van der Waals surface area contributed by atoms with Crippen LogP contribution in [0.4, 0.5) is 5.69 Å². The lowest BCUT2D eigenvalue weighted by Crippen LogP contribution is -2.37. The van der Waals surface area contributed by atoms with Crippen LogP contribution in [-0.4, -0.2) is 25.2 Å². The number of sulfonamides is 1. The van der Waals surface area contributed by atoms with Gasteiger partial charge in [-0.25, -0.2) is 8.42 Å². The van der Waals surface area contributed by atoms with E-state index in [0.717, 1.165) is 31.2 Å². The van der Waals surface area contributed by atoms with Crippen molar-refractivity contribution in [1.82, 2.24) is 4.31 Å². The van der Waals surface area contributed by atoms with Gasteiger partial charge in [0.25, 0.3) is 0 Å². The monoisotopic (exact) mass is 578 g/mol. The van der Waals surface area contributed by atoms with Crippen molar-refractivity contribution in [3.8, 4) is 0 Å². The smallest absolute Gasteiger partial charge is 0.243 e. The molecule has 0 aromatic heterocycles. The molecule has 0 unspecified atom stereocenters. The fraction of sp³-hybridized carbons (Fsp3) is 0.208. The summed E-state index contributed by atoms with van der Waals surface area (Å²) in [7, 11) is -3.90. The lowest BCUT2D eigenvalue weighted by atomic mass is 10.1. The summed E-state index contributed by atoms with van der Waals surface area (Å²) in [6.45, 7) is 5.55. The van der Waals surface area contributed by atoms with Gasteiger partial charge in [0.05, 0.1) is 11.4 Å². The Morgan fingerprint density at radius 1 is 0.875 bits per heavy atom. The van der Waals surface area contributed by atoms with Gasteiger partial charge in [-0.3, -0.25) is 4.79 Å². The maximum absolute atomic E-state index is 13.4. The van der Waals surface area contributed by atoms with Gasteiger partial charge in [0, 0.05) is 21.2 Å². The van der Waals surface area contributed by atoms with E-state index >= 15 is 0 Å². The number of benzene rings is 3. The van der Waals surface area contributed by atoms with Gasteiger partial charge in [0.2, 0.25) is 15.9 Å². The van der Waals surface area contributed by atoms with E-state index in [4.69, 9.17) is 0 Å². The highest BCUT2D eigenvalue weighted by Gasteiger charge is 2.27. The molecule has 3 rings (SSSR count). The molecule has 8 heteroatoms. The zero-order chi connectivity index (χ0) is 23.5. The number of halogens is 2. The van der Waals surface area contributed by atoms with Gasteiger partial charge >= 0.3 is 0 Å². The maximum atomic E-state index is 13.4. The molecule has 32 heavy (non-hydrogen) atoms. The Hall–Kier alpha value is -2.00. The number of hydrogen-bond donors (Lipinski definition) is 1. The number of nitrogens with zero attached hydrogens (tertiary/aromatic N) is 1. The SMILES string of the molecule is Cc1ccc(CN(CC(=O)Nc2c(C)cc(Br)cc2C)S(=O)(=O)c2ccc(Br)cc2)cc1. The minimum atomic E-state index is -3.90. The largest absolute Gasteiger partial charge is 0.324 e. The summed E-state index contributed by atoms with van der Waals surface area (Å²) in [6.07, 6.45) is 0. The summed E-state index contributed by atoms with van der Waals surface area (Å²) in [6, 6.07) is 17.8. The summed E-state index contributed by atoms with van der Waals surface area (Å²) >= 11 is 6.78. The molecule has 168 valence electrons. The first-order valence-corrected chi connectivity index (χ1v) is 13.0. The minimum absolute atomic E-state index is 0.0877. The fourth-order valence-electron chi connectivity index (χ4n) is 3.33. The Labute approximate surface area is 206 Å². The standard InChI is InChI=1S/C24H24Br2N2O3S/c1-16-4-6-19(7-5-16)14-28(32(30,31)22-10-8-20(25)9-11-22)15-23(29)27-24-17(2)12-21(26)13-18(24)3/h4-13H,14-15H2,1-3H3,(H,27,29). The number of hydrogen-bond acceptors (Lipinski definition) is 3. The molecule has 0 aliphatic carbocycles. The number of rotatable bonds is 7. The van der Waals surface area contributed by atoms with Crippen LogP contribution in [0, 0.1) is 20.8 Å². The Morgan fingerprint density at radius 3 is 2.00 bits per heavy atom. The minimum Gasteiger partial charge on any atom is -0.324 e.